The lowest BCUT2D eigenvalue weighted by Gasteiger charge is -2.43. The number of hydrogen-bond acceptors (Lipinski definition) is 2. The topological polar surface area (TPSA) is 26.3 Å². The number of carbonyl (C=O) groups is 1. The number of unbranched alkanes of at least 4 members (excludes halogenated alkanes) is 6. The molecule has 0 rings (SSSR count). The highest BCUT2D eigenvalue weighted by Gasteiger charge is 2.94. The second kappa shape index (κ2) is 13.8. The lowest BCUT2D eigenvalue weighted by molar-refractivity contribution is -0.454. The smallest absolute Gasteiger partial charge is 0.385 e. The van der Waals surface area contributed by atoms with Gasteiger partial charge >= 0.3 is 53.3 Å². The summed E-state index contributed by atoms with van der Waals surface area (Å²) in [6.07, 6.45) is 1.67. The Balaban J connectivity index is 6.06. The number of ether oxygens (including phenoxy) is 1. The molecule has 246 valence electrons. The highest BCUT2D eigenvalue weighted by Crippen LogP contribution is 2.64. The quantitative estimate of drug-likeness (QED) is 0.0432. The van der Waals surface area contributed by atoms with E-state index in [4.69, 9.17) is 0 Å². The van der Waals surface area contributed by atoms with Crippen LogP contribution in [0.25, 0.3) is 0 Å². The van der Waals surface area contributed by atoms with Gasteiger partial charge in [0.2, 0.25) is 0 Å². The Morgan fingerprint density at radius 1 is 0.585 bits per heavy atom. The maximum atomic E-state index is 14.2. The number of carbonyl (C=O) groups excluding carboxylic acids is 1. The van der Waals surface area contributed by atoms with Gasteiger partial charge in [0.25, 0.3) is 0 Å². The molecule has 0 aromatic carbocycles. The highest BCUT2D eigenvalue weighted by molar-refractivity contribution is 14.1. The molecule has 0 N–H and O–H groups in total. The molecule has 0 heterocycles. The third kappa shape index (κ3) is 7.98. The van der Waals surface area contributed by atoms with E-state index in [0.29, 0.717) is 12.8 Å². The molecule has 0 amide bonds. The number of hydrogen-bond donors (Lipinski definition) is 0. The van der Waals surface area contributed by atoms with Crippen molar-refractivity contribution in [3.63, 3.8) is 0 Å². The fraction of sp³-hybridized carbons (Fsp3) is 0.955. The second-order valence-corrected chi connectivity index (χ2v) is 11.1. The minimum absolute atomic E-state index is 0.0782. The van der Waals surface area contributed by atoms with Crippen molar-refractivity contribution in [3.05, 3.63) is 0 Å². The van der Waals surface area contributed by atoms with Gasteiger partial charge in [-0.2, -0.15) is 70.2 Å². The first-order valence-electron chi connectivity index (χ1n) is 11.9. The molecule has 1 unspecified atom stereocenters. The molecular weight excluding hydrogens is 727 g/mol. The average molecular weight is 754 g/mol. The van der Waals surface area contributed by atoms with Gasteiger partial charge in [-0.1, -0.05) is 74.5 Å². The minimum atomic E-state index is -8.49. The zero-order valence-corrected chi connectivity index (χ0v) is 23.5. The summed E-state index contributed by atoms with van der Waals surface area (Å²) in [4.78, 5) is 10.4. The molecule has 0 fully saturated rings. The minimum Gasteiger partial charge on any atom is -0.459 e. The van der Waals surface area contributed by atoms with Gasteiger partial charge in [0.15, 0.2) is 6.61 Å². The van der Waals surface area contributed by atoms with Crippen molar-refractivity contribution in [1.29, 1.82) is 0 Å². The van der Waals surface area contributed by atoms with Gasteiger partial charge in [-0.3, -0.25) is 4.79 Å². The van der Waals surface area contributed by atoms with Crippen molar-refractivity contribution in [2.75, 3.05) is 6.61 Å². The summed E-state index contributed by atoms with van der Waals surface area (Å²) in [7, 11) is 0. The molecule has 0 spiro atoms. The third-order valence-corrected chi connectivity index (χ3v) is 7.01. The van der Waals surface area contributed by atoms with Crippen LogP contribution >= 0.6 is 22.6 Å². The summed E-state index contributed by atoms with van der Waals surface area (Å²) in [5.74, 6) is -63.6. The Labute approximate surface area is 238 Å². The van der Waals surface area contributed by atoms with Crippen LogP contribution in [-0.2, 0) is 9.53 Å². The van der Waals surface area contributed by atoms with Crippen molar-refractivity contribution in [1.82, 2.24) is 0 Å². The average Bonchev–Trinajstić information content (AvgIpc) is 2.81. The molecule has 0 saturated heterocycles. The Hall–Kier alpha value is -0.920. The largest absolute Gasteiger partial charge is 0.459 e. The normalized spacial score (nSPS) is 15.7. The van der Waals surface area contributed by atoms with Crippen LogP contribution in [0.2, 0.25) is 0 Å². The first-order valence-corrected chi connectivity index (χ1v) is 13.2. The van der Waals surface area contributed by atoms with Gasteiger partial charge < -0.3 is 4.74 Å². The van der Waals surface area contributed by atoms with Crippen LogP contribution in [0.4, 0.5) is 70.2 Å². The molecular formula is C22H27F16IO2. The molecule has 0 aromatic rings. The summed E-state index contributed by atoms with van der Waals surface area (Å²) in [5.41, 5.74) is 0. The fourth-order valence-electron chi connectivity index (χ4n) is 3.36. The third-order valence-electron chi connectivity index (χ3n) is 5.95. The monoisotopic (exact) mass is 754 g/mol. The molecule has 0 aliphatic rings. The van der Waals surface area contributed by atoms with Gasteiger partial charge in [0, 0.05) is 17.3 Å². The van der Waals surface area contributed by atoms with E-state index in [-0.39, 0.29) is 19.8 Å². The molecule has 0 aliphatic heterocycles. The Kier molecular flexibility index (Phi) is 13.5. The maximum absolute atomic E-state index is 14.2. The Morgan fingerprint density at radius 3 is 1.32 bits per heavy atom. The molecule has 0 saturated carbocycles. The van der Waals surface area contributed by atoms with E-state index in [9.17, 15) is 75.0 Å². The van der Waals surface area contributed by atoms with Gasteiger partial charge in [-0.15, -0.1) is 0 Å². The first-order chi connectivity index (χ1) is 18.1. The molecule has 0 bridgehead atoms. The van der Waals surface area contributed by atoms with Crippen molar-refractivity contribution in [2.45, 2.75) is 123 Å². The molecule has 0 radical (unpaired) electrons. The van der Waals surface area contributed by atoms with Crippen LogP contribution in [-0.4, -0.2) is 63.9 Å². The highest BCUT2D eigenvalue weighted by atomic mass is 127. The van der Waals surface area contributed by atoms with Gasteiger partial charge in [0.05, 0.1) is 0 Å². The first kappa shape index (κ1) is 40.1. The summed E-state index contributed by atoms with van der Waals surface area (Å²) >= 11 is 1.06. The zero-order chi connectivity index (χ0) is 32.9. The van der Waals surface area contributed by atoms with Crippen LogP contribution in [0.1, 0.15) is 71.6 Å². The number of rotatable bonds is 19. The van der Waals surface area contributed by atoms with Crippen LogP contribution in [0, 0.1) is 0 Å². The number of halogens is 17. The van der Waals surface area contributed by atoms with Crippen LogP contribution in [0.15, 0.2) is 0 Å². The molecule has 2 nitrogen and oxygen atoms in total. The van der Waals surface area contributed by atoms with Crippen molar-refractivity contribution < 1.29 is 79.8 Å². The second-order valence-electron chi connectivity index (χ2n) is 9.35. The zero-order valence-electron chi connectivity index (χ0n) is 21.4. The summed E-state index contributed by atoms with van der Waals surface area (Å²) in [6, 6.07) is 0. The van der Waals surface area contributed by atoms with Crippen LogP contribution < -0.4 is 0 Å². The standard InChI is InChI=1S/C22H27F16IO2/c1-3-4-5-6-7-8-9-10-14(39)11-15(23,24)17(27,28)19(31,32)21(35,36)22(37,38)20(33,34)18(29,30)16(25,26)12-41-13(2)40/h14H,3-12H2,1-2H3. The van der Waals surface area contributed by atoms with Gasteiger partial charge in [0.1, 0.15) is 0 Å². The van der Waals surface area contributed by atoms with E-state index in [1.165, 1.54) is 0 Å². The number of esters is 1. The predicted octanol–water partition coefficient (Wildman–Crippen LogP) is 9.97. The van der Waals surface area contributed by atoms with Crippen LogP contribution in [0.5, 0.6) is 0 Å². The number of alkyl halides is 17. The lowest BCUT2D eigenvalue weighted by atomic mass is 9.86. The van der Waals surface area contributed by atoms with E-state index in [1.54, 1.807) is 0 Å². The van der Waals surface area contributed by atoms with E-state index >= 15 is 0 Å². The molecule has 0 aliphatic carbocycles. The van der Waals surface area contributed by atoms with Crippen molar-refractivity contribution >= 4 is 28.6 Å². The van der Waals surface area contributed by atoms with Gasteiger partial charge in [-0.25, -0.2) is 0 Å². The lowest BCUT2D eigenvalue weighted by Crippen LogP contribution is -2.75. The van der Waals surface area contributed by atoms with Crippen LogP contribution in [0.3, 0.4) is 0 Å². The Bertz CT molecular complexity index is 847. The summed E-state index contributed by atoms with van der Waals surface area (Å²) in [6.45, 7) is -1.01. The maximum Gasteiger partial charge on any atom is 0.385 e. The van der Waals surface area contributed by atoms with E-state index in [0.717, 1.165) is 48.3 Å². The summed E-state index contributed by atoms with van der Waals surface area (Å²) in [5, 5.41) is 0. The fourth-order valence-corrected chi connectivity index (χ4v) is 4.36. The Morgan fingerprint density at radius 2 is 0.927 bits per heavy atom. The molecule has 19 heteroatoms. The predicted molar refractivity (Wildman–Crippen MR) is 121 cm³/mol. The SMILES string of the molecule is CCCCCCCCCC(I)CC(F)(F)C(F)(F)C(F)(F)C(F)(F)C(F)(F)C(F)(F)C(F)(F)C(F)(F)COC(C)=O. The molecule has 0 aromatic heterocycles. The van der Waals surface area contributed by atoms with Crippen molar-refractivity contribution in [2.24, 2.45) is 0 Å². The summed E-state index contributed by atoms with van der Waals surface area (Å²) < 4.78 is 224. The molecule has 41 heavy (non-hydrogen) atoms. The van der Waals surface area contributed by atoms with Gasteiger partial charge in [-0.05, 0) is 6.42 Å². The van der Waals surface area contributed by atoms with Crippen molar-refractivity contribution in [3.8, 4) is 0 Å². The van der Waals surface area contributed by atoms with E-state index in [2.05, 4.69) is 4.74 Å². The van der Waals surface area contributed by atoms with E-state index < -0.39 is 70.3 Å². The van der Waals surface area contributed by atoms with E-state index in [1.807, 2.05) is 6.92 Å². The molecule has 1 atom stereocenters.